The molecule has 0 atom stereocenters. The van der Waals surface area contributed by atoms with Crippen LogP contribution >= 0.6 is 0 Å². The van der Waals surface area contributed by atoms with Gasteiger partial charge >= 0.3 is 0 Å². The summed E-state index contributed by atoms with van der Waals surface area (Å²) in [4.78, 5) is 12.5. The van der Waals surface area contributed by atoms with Crippen molar-refractivity contribution < 1.29 is 13.2 Å². The summed E-state index contributed by atoms with van der Waals surface area (Å²) < 4.78 is 24.2. The number of nitrogens with one attached hydrogen (secondary N) is 1. The van der Waals surface area contributed by atoms with Crippen molar-refractivity contribution in [2.24, 2.45) is 5.14 Å². The molecule has 0 spiro atoms. The lowest BCUT2D eigenvalue weighted by molar-refractivity contribution is 0.101. The Kier molecular flexibility index (Phi) is 4.73. The topological polar surface area (TPSA) is 94.2 Å². The molecule has 0 bridgehead atoms. The number of sulfonamides is 1. The van der Waals surface area contributed by atoms with Gasteiger partial charge in [0.1, 0.15) is 5.69 Å². The van der Waals surface area contributed by atoms with Gasteiger partial charge in [0.05, 0.1) is 5.75 Å². The van der Waals surface area contributed by atoms with Gasteiger partial charge in [-0.3, -0.25) is 4.79 Å². The fraction of sp³-hybridized carbons (Fsp3) is 0.353. The molecular formula is C17H21N3O3S. The molecule has 0 radical (unpaired) electrons. The van der Waals surface area contributed by atoms with Gasteiger partial charge in [0.2, 0.25) is 10.0 Å². The van der Waals surface area contributed by atoms with Gasteiger partial charge in [-0.25, -0.2) is 13.6 Å². The largest absolute Gasteiger partial charge is 0.340 e. The molecule has 128 valence electrons. The van der Waals surface area contributed by atoms with E-state index in [0.29, 0.717) is 23.0 Å². The Hall–Kier alpha value is -2.12. The van der Waals surface area contributed by atoms with Crippen molar-refractivity contribution in [3.8, 4) is 0 Å². The number of primary sulfonamides is 1. The van der Waals surface area contributed by atoms with Gasteiger partial charge in [0.15, 0.2) is 0 Å². The maximum Gasteiger partial charge on any atom is 0.272 e. The Bertz CT molecular complexity index is 819. The van der Waals surface area contributed by atoms with E-state index in [4.69, 9.17) is 5.14 Å². The van der Waals surface area contributed by atoms with Crippen molar-refractivity contribution in [1.82, 2.24) is 4.57 Å². The monoisotopic (exact) mass is 347 g/mol. The molecule has 3 N–H and O–H groups in total. The maximum atomic E-state index is 12.5. The van der Waals surface area contributed by atoms with E-state index in [2.05, 4.69) is 9.88 Å². The fourth-order valence-corrected chi connectivity index (χ4v) is 3.86. The van der Waals surface area contributed by atoms with Crippen LogP contribution in [0.25, 0.3) is 0 Å². The van der Waals surface area contributed by atoms with Crippen LogP contribution in [0.15, 0.2) is 42.6 Å². The van der Waals surface area contributed by atoms with E-state index in [0.717, 1.165) is 12.8 Å². The number of aromatic nitrogens is 1. The Morgan fingerprint density at radius 3 is 2.46 bits per heavy atom. The van der Waals surface area contributed by atoms with Crippen LogP contribution in [-0.2, 0) is 15.8 Å². The Balaban J connectivity index is 1.70. The predicted molar refractivity (Wildman–Crippen MR) is 93.1 cm³/mol. The second-order valence-corrected chi connectivity index (χ2v) is 7.81. The quantitative estimate of drug-likeness (QED) is 0.870. The summed E-state index contributed by atoms with van der Waals surface area (Å²) in [5, 5.41) is 7.88. The number of hydrogen-bond acceptors (Lipinski definition) is 3. The lowest BCUT2D eigenvalue weighted by atomic mass is 10.2. The van der Waals surface area contributed by atoms with Crippen LogP contribution in [0.2, 0.25) is 0 Å². The molecule has 2 aromatic rings. The standard InChI is InChI=1S/C17H21N3O3S/c18-24(22,23)12-13-7-9-14(10-8-13)19-17(21)16-6-3-11-20(16)15-4-1-2-5-15/h3,6-11,15H,1-2,4-5,12H2,(H,19,21)(H2,18,22,23). The molecule has 24 heavy (non-hydrogen) atoms. The molecule has 1 aromatic carbocycles. The van der Waals surface area contributed by atoms with Gasteiger partial charge in [-0.15, -0.1) is 0 Å². The van der Waals surface area contributed by atoms with E-state index >= 15 is 0 Å². The van der Waals surface area contributed by atoms with Crippen molar-refractivity contribution in [1.29, 1.82) is 0 Å². The normalized spacial score (nSPS) is 15.5. The van der Waals surface area contributed by atoms with Crippen LogP contribution in [0.3, 0.4) is 0 Å². The molecule has 1 heterocycles. The highest BCUT2D eigenvalue weighted by Gasteiger charge is 2.21. The predicted octanol–water partition coefficient (Wildman–Crippen LogP) is 2.64. The first-order valence-corrected chi connectivity index (χ1v) is 9.71. The smallest absolute Gasteiger partial charge is 0.272 e. The van der Waals surface area contributed by atoms with Crippen molar-refractivity contribution in [2.45, 2.75) is 37.5 Å². The Morgan fingerprint density at radius 1 is 1.17 bits per heavy atom. The third-order valence-corrected chi connectivity index (χ3v) is 5.05. The molecule has 1 saturated carbocycles. The Morgan fingerprint density at radius 2 is 1.83 bits per heavy atom. The van der Waals surface area contributed by atoms with Crippen LogP contribution in [0.5, 0.6) is 0 Å². The summed E-state index contributed by atoms with van der Waals surface area (Å²) in [6.45, 7) is 0. The summed E-state index contributed by atoms with van der Waals surface area (Å²) >= 11 is 0. The van der Waals surface area contributed by atoms with Gasteiger partial charge < -0.3 is 9.88 Å². The van der Waals surface area contributed by atoms with Crippen molar-refractivity contribution in [3.05, 3.63) is 53.9 Å². The molecule has 1 fully saturated rings. The van der Waals surface area contributed by atoms with Crippen molar-refractivity contribution in [2.75, 3.05) is 5.32 Å². The number of amides is 1. The number of nitrogens with two attached hydrogens (primary N) is 1. The maximum absolute atomic E-state index is 12.5. The molecule has 1 aliphatic rings. The number of carbonyl (C=O) groups is 1. The molecule has 1 aromatic heterocycles. The molecule has 1 aliphatic carbocycles. The SMILES string of the molecule is NS(=O)(=O)Cc1ccc(NC(=O)c2cccn2C2CCCC2)cc1. The van der Waals surface area contributed by atoms with E-state index in [1.807, 2.05) is 18.3 Å². The van der Waals surface area contributed by atoms with E-state index < -0.39 is 10.0 Å². The molecule has 6 nitrogen and oxygen atoms in total. The molecule has 7 heteroatoms. The highest BCUT2D eigenvalue weighted by Crippen LogP contribution is 2.30. The van der Waals surface area contributed by atoms with Gasteiger partial charge in [0, 0.05) is 17.9 Å². The Labute approximate surface area is 141 Å². The average Bonchev–Trinajstić information content (AvgIpc) is 3.18. The zero-order valence-corrected chi connectivity index (χ0v) is 14.1. The highest BCUT2D eigenvalue weighted by atomic mass is 32.2. The summed E-state index contributed by atoms with van der Waals surface area (Å²) in [6, 6.07) is 10.8. The first kappa shape index (κ1) is 16.7. The lowest BCUT2D eigenvalue weighted by Gasteiger charge is -2.16. The molecular weight excluding hydrogens is 326 g/mol. The van der Waals surface area contributed by atoms with Crippen molar-refractivity contribution in [3.63, 3.8) is 0 Å². The average molecular weight is 347 g/mol. The molecule has 0 unspecified atom stereocenters. The number of hydrogen-bond donors (Lipinski definition) is 2. The molecule has 0 saturated heterocycles. The number of rotatable bonds is 5. The van der Waals surface area contributed by atoms with Crippen LogP contribution in [0.1, 0.15) is 47.8 Å². The summed E-state index contributed by atoms with van der Waals surface area (Å²) in [5.41, 5.74) is 1.86. The third-order valence-electron chi connectivity index (χ3n) is 4.31. The van der Waals surface area contributed by atoms with Crippen LogP contribution < -0.4 is 10.5 Å². The summed E-state index contributed by atoms with van der Waals surface area (Å²) in [5.74, 6) is -0.378. The van der Waals surface area contributed by atoms with E-state index in [1.54, 1.807) is 24.3 Å². The number of carbonyl (C=O) groups excluding carboxylic acids is 1. The molecule has 3 rings (SSSR count). The minimum Gasteiger partial charge on any atom is -0.340 e. The van der Waals surface area contributed by atoms with E-state index in [9.17, 15) is 13.2 Å². The fourth-order valence-electron chi connectivity index (χ4n) is 3.20. The zero-order chi connectivity index (χ0) is 17.2. The highest BCUT2D eigenvalue weighted by molar-refractivity contribution is 7.88. The summed E-state index contributed by atoms with van der Waals surface area (Å²) in [6.07, 6.45) is 6.58. The van der Waals surface area contributed by atoms with Gasteiger partial charge in [-0.1, -0.05) is 25.0 Å². The lowest BCUT2D eigenvalue weighted by Crippen LogP contribution is -2.19. The van der Waals surface area contributed by atoms with Crippen LogP contribution in [-0.4, -0.2) is 18.9 Å². The summed E-state index contributed by atoms with van der Waals surface area (Å²) in [7, 11) is -3.55. The second-order valence-electron chi connectivity index (χ2n) is 6.20. The second kappa shape index (κ2) is 6.78. The first-order valence-electron chi connectivity index (χ1n) is 8.00. The van der Waals surface area contributed by atoms with Crippen molar-refractivity contribution >= 4 is 21.6 Å². The third kappa shape index (κ3) is 4.04. The van der Waals surface area contributed by atoms with E-state index in [1.165, 1.54) is 12.8 Å². The van der Waals surface area contributed by atoms with Gasteiger partial charge in [-0.05, 0) is 42.7 Å². The van der Waals surface area contributed by atoms with Gasteiger partial charge in [0.25, 0.3) is 5.91 Å². The van der Waals surface area contributed by atoms with Crippen LogP contribution in [0, 0.1) is 0 Å². The number of benzene rings is 1. The van der Waals surface area contributed by atoms with E-state index in [-0.39, 0.29) is 11.7 Å². The number of anilines is 1. The zero-order valence-electron chi connectivity index (χ0n) is 13.3. The molecule has 0 aliphatic heterocycles. The minimum atomic E-state index is -3.55. The first-order chi connectivity index (χ1) is 11.4. The number of nitrogens with zero attached hydrogens (tertiary/aromatic N) is 1. The van der Waals surface area contributed by atoms with Crippen LogP contribution in [0.4, 0.5) is 5.69 Å². The minimum absolute atomic E-state index is 0.161. The van der Waals surface area contributed by atoms with Gasteiger partial charge in [-0.2, -0.15) is 0 Å². The molecule has 1 amide bonds.